The quantitative estimate of drug-likeness (QED) is 0.234. The summed E-state index contributed by atoms with van der Waals surface area (Å²) in [6.45, 7) is 3.85. The number of para-hydroxylation sites is 1. The average molecular weight is 458 g/mol. The van der Waals surface area contributed by atoms with E-state index < -0.39 is 0 Å². The van der Waals surface area contributed by atoms with Crippen LogP contribution in [0.5, 0.6) is 0 Å². The number of Topliss-reactive ketones (excluding diaryl/α,β-unsaturated/α-hetero) is 1. The molecule has 3 aromatic carbocycles. The minimum absolute atomic E-state index is 0.0836. The monoisotopic (exact) mass is 457 g/mol. The van der Waals surface area contributed by atoms with Crippen LogP contribution >= 0.6 is 11.8 Å². The Morgan fingerprint density at radius 2 is 1.58 bits per heavy atom. The highest BCUT2D eigenvalue weighted by Crippen LogP contribution is 2.22. The maximum atomic E-state index is 12.9. The number of hydrogen-bond acceptors (Lipinski definition) is 5. The van der Waals surface area contributed by atoms with Crippen LogP contribution in [-0.4, -0.2) is 27.0 Å². The first-order chi connectivity index (χ1) is 15.9. The SMILES string of the molecule is CC(C)n1c(SCC(=O)c2ccc(NC(=O)c3ccccc3)cc2)nc2ccccc2c1=O. The molecule has 1 aromatic heterocycles. The molecule has 0 aliphatic rings. The van der Waals surface area contributed by atoms with Gasteiger partial charge in [0.05, 0.1) is 16.7 Å². The van der Waals surface area contributed by atoms with E-state index in [9.17, 15) is 14.4 Å². The van der Waals surface area contributed by atoms with Gasteiger partial charge in [-0.05, 0) is 62.4 Å². The van der Waals surface area contributed by atoms with Gasteiger partial charge in [-0.1, -0.05) is 42.1 Å². The van der Waals surface area contributed by atoms with Gasteiger partial charge in [0, 0.05) is 22.9 Å². The molecule has 0 bridgehead atoms. The smallest absolute Gasteiger partial charge is 0.262 e. The summed E-state index contributed by atoms with van der Waals surface area (Å²) in [5, 5.41) is 3.91. The predicted octanol–water partition coefficient (Wildman–Crippen LogP) is 5.20. The molecule has 166 valence electrons. The van der Waals surface area contributed by atoms with Crippen molar-refractivity contribution >= 4 is 40.0 Å². The number of aromatic nitrogens is 2. The number of anilines is 1. The first-order valence-electron chi connectivity index (χ1n) is 10.6. The van der Waals surface area contributed by atoms with Crippen LogP contribution in [-0.2, 0) is 0 Å². The number of ketones is 1. The van der Waals surface area contributed by atoms with E-state index in [4.69, 9.17) is 0 Å². The summed E-state index contributed by atoms with van der Waals surface area (Å²) in [5.74, 6) is -0.148. The zero-order chi connectivity index (χ0) is 23.4. The van der Waals surface area contributed by atoms with Gasteiger partial charge in [0.1, 0.15) is 0 Å². The summed E-state index contributed by atoms with van der Waals surface area (Å²) < 4.78 is 1.63. The Morgan fingerprint density at radius 1 is 0.909 bits per heavy atom. The molecule has 0 saturated carbocycles. The van der Waals surface area contributed by atoms with Gasteiger partial charge in [-0.15, -0.1) is 0 Å². The van der Waals surface area contributed by atoms with Crippen molar-refractivity contribution in [1.29, 1.82) is 0 Å². The van der Waals surface area contributed by atoms with E-state index in [0.717, 1.165) is 0 Å². The first kappa shape index (κ1) is 22.5. The number of benzene rings is 3. The average Bonchev–Trinajstić information content (AvgIpc) is 2.83. The largest absolute Gasteiger partial charge is 0.322 e. The fourth-order valence-electron chi connectivity index (χ4n) is 3.43. The minimum atomic E-state index is -0.209. The van der Waals surface area contributed by atoms with E-state index in [2.05, 4.69) is 10.3 Å². The summed E-state index contributed by atoms with van der Waals surface area (Å²) in [6.07, 6.45) is 0. The second kappa shape index (κ2) is 9.83. The highest BCUT2D eigenvalue weighted by Gasteiger charge is 2.16. The van der Waals surface area contributed by atoms with Crippen LogP contribution in [0.3, 0.4) is 0 Å². The van der Waals surface area contributed by atoms with E-state index >= 15 is 0 Å². The highest BCUT2D eigenvalue weighted by atomic mass is 32.2. The second-order valence-electron chi connectivity index (χ2n) is 7.79. The molecule has 0 radical (unpaired) electrons. The van der Waals surface area contributed by atoms with Crippen LogP contribution in [0.25, 0.3) is 10.9 Å². The van der Waals surface area contributed by atoms with Crippen molar-refractivity contribution in [3.8, 4) is 0 Å². The zero-order valence-electron chi connectivity index (χ0n) is 18.3. The van der Waals surface area contributed by atoms with Crippen molar-refractivity contribution in [2.75, 3.05) is 11.1 Å². The Kier molecular flexibility index (Phi) is 6.70. The molecule has 0 aliphatic carbocycles. The Morgan fingerprint density at radius 3 is 2.27 bits per heavy atom. The van der Waals surface area contributed by atoms with Gasteiger partial charge in [-0.3, -0.25) is 19.0 Å². The zero-order valence-corrected chi connectivity index (χ0v) is 19.1. The molecule has 33 heavy (non-hydrogen) atoms. The molecular formula is C26H23N3O3S. The molecule has 0 saturated heterocycles. The molecule has 0 unspecified atom stereocenters. The minimum Gasteiger partial charge on any atom is -0.322 e. The summed E-state index contributed by atoms with van der Waals surface area (Å²) >= 11 is 1.25. The summed E-state index contributed by atoms with van der Waals surface area (Å²) in [7, 11) is 0. The summed E-state index contributed by atoms with van der Waals surface area (Å²) in [5.41, 5.74) is 2.21. The predicted molar refractivity (Wildman–Crippen MR) is 132 cm³/mol. The molecule has 1 heterocycles. The van der Waals surface area contributed by atoms with Crippen molar-refractivity contribution in [3.63, 3.8) is 0 Å². The normalized spacial score (nSPS) is 11.0. The van der Waals surface area contributed by atoms with Gasteiger partial charge in [0.2, 0.25) is 0 Å². The van der Waals surface area contributed by atoms with Crippen molar-refractivity contribution in [2.45, 2.75) is 25.0 Å². The number of fused-ring (bicyclic) bond motifs is 1. The molecule has 4 aromatic rings. The molecule has 0 aliphatic heterocycles. The molecule has 0 spiro atoms. The number of hydrogen-bond donors (Lipinski definition) is 1. The van der Waals surface area contributed by atoms with Gasteiger partial charge in [0.25, 0.3) is 11.5 Å². The Labute approximate surface area is 195 Å². The first-order valence-corrected chi connectivity index (χ1v) is 11.6. The van der Waals surface area contributed by atoms with Crippen LogP contribution in [0.4, 0.5) is 5.69 Å². The number of thioether (sulfide) groups is 1. The maximum Gasteiger partial charge on any atom is 0.262 e. The van der Waals surface area contributed by atoms with E-state index in [-0.39, 0.29) is 29.0 Å². The van der Waals surface area contributed by atoms with E-state index in [1.54, 1.807) is 65.2 Å². The van der Waals surface area contributed by atoms with Crippen LogP contribution in [0.1, 0.15) is 40.6 Å². The molecule has 1 N–H and O–H groups in total. The van der Waals surface area contributed by atoms with E-state index in [1.165, 1.54) is 11.8 Å². The van der Waals surface area contributed by atoms with Crippen LogP contribution in [0.2, 0.25) is 0 Å². The highest BCUT2D eigenvalue weighted by molar-refractivity contribution is 7.99. The lowest BCUT2D eigenvalue weighted by Gasteiger charge is -2.16. The lowest BCUT2D eigenvalue weighted by atomic mass is 10.1. The molecular weight excluding hydrogens is 434 g/mol. The van der Waals surface area contributed by atoms with Gasteiger partial charge in [-0.25, -0.2) is 4.98 Å². The van der Waals surface area contributed by atoms with Gasteiger partial charge in [0.15, 0.2) is 10.9 Å². The van der Waals surface area contributed by atoms with Gasteiger partial charge in [-0.2, -0.15) is 0 Å². The molecule has 1 amide bonds. The van der Waals surface area contributed by atoms with Crippen LogP contribution in [0, 0.1) is 0 Å². The Balaban J connectivity index is 1.47. The lowest BCUT2D eigenvalue weighted by molar-refractivity contribution is 0.101. The van der Waals surface area contributed by atoms with Crippen molar-refractivity contribution < 1.29 is 9.59 Å². The third kappa shape index (κ3) is 5.04. The second-order valence-corrected chi connectivity index (χ2v) is 8.73. The van der Waals surface area contributed by atoms with E-state index in [1.807, 2.05) is 32.0 Å². The molecule has 4 rings (SSSR count). The Hall–Kier alpha value is -3.71. The number of nitrogens with zero attached hydrogens (tertiary/aromatic N) is 2. The topological polar surface area (TPSA) is 81.1 Å². The Bertz CT molecular complexity index is 1360. The molecule has 0 atom stereocenters. The fraction of sp³-hybridized carbons (Fsp3) is 0.154. The summed E-state index contributed by atoms with van der Waals surface area (Å²) in [4.78, 5) is 42.6. The third-order valence-corrected chi connectivity index (χ3v) is 6.08. The molecule has 7 heteroatoms. The number of amides is 1. The van der Waals surface area contributed by atoms with Gasteiger partial charge >= 0.3 is 0 Å². The van der Waals surface area contributed by atoms with E-state index in [0.29, 0.717) is 32.9 Å². The van der Waals surface area contributed by atoms with Gasteiger partial charge < -0.3 is 5.32 Å². The summed E-state index contributed by atoms with van der Waals surface area (Å²) in [6, 6.07) is 22.9. The molecule has 6 nitrogen and oxygen atoms in total. The number of nitrogens with one attached hydrogen (secondary N) is 1. The van der Waals surface area contributed by atoms with Crippen LogP contribution < -0.4 is 10.9 Å². The molecule has 0 fully saturated rings. The number of rotatable bonds is 7. The van der Waals surface area contributed by atoms with Crippen molar-refractivity contribution in [1.82, 2.24) is 9.55 Å². The third-order valence-electron chi connectivity index (χ3n) is 5.12. The van der Waals surface area contributed by atoms with Crippen molar-refractivity contribution in [2.24, 2.45) is 0 Å². The maximum absolute atomic E-state index is 12.9. The van der Waals surface area contributed by atoms with Crippen LogP contribution in [0.15, 0.2) is 88.8 Å². The fourth-order valence-corrected chi connectivity index (χ4v) is 4.45. The van der Waals surface area contributed by atoms with Crippen molar-refractivity contribution in [3.05, 3.63) is 100 Å². The number of carbonyl (C=O) groups excluding carboxylic acids is 2. The standard InChI is InChI=1S/C26H23N3O3S/c1-17(2)29-25(32)21-10-6-7-11-22(21)28-26(29)33-16-23(30)18-12-14-20(15-13-18)27-24(31)19-8-4-3-5-9-19/h3-15,17H,16H2,1-2H3,(H,27,31). The number of carbonyl (C=O) groups is 2. The lowest BCUT2D eigenvalue weighted by Crippen LogP contribution is -2.25.